The first-order valence-electron chi connectivity index (χ1n) is 8.08. The second-order valence-corrected chi connectivity index (χ2v) is 6.26. The van der Waals surface area contributed by atoms with Gasteiger partial charge in [0, 0.05) is 24.2 Å². The molecule has 0 aliphatic rings. The molecule has 2 amide bonds. The van der Waals surface area contributed by atoms with E-state index < -0.39 is 0 Å². The van der Waals surface area contributed by atoms with Gasteiger partial charge in [-0.3, -0.25) is 9.59 Å². The van der Waals surface area contributed by atoms with Gasteiger partial charge in [0.05, 0.1) is 0 Å². The van der Waals surface area contributed by atoms with Crippen LogP contribution in [0.1, 0.15) is 43.0 Å². The molecule has 2 rings (SSSR count). The number of nitrogens with one attached hydrogen (secondary N) is 2. The fourth-order valence-corrected chi connectivity index (χ4v) is 2.77. The topological polar surface area (TPSA) is 58.2 Å². The Labute approximate surface area is 143 Å². The van der Waals surface area contributed by atoms with Gasteiger partial charge in [-0.2, -0.15) is 0 Å². The number of amides is 2. The van der Waals surface area contributed by atoms with E-state index in [9.17, 15) is 9.59 Å². The molecule has 0 bridgehead atoms. The minimum Gasteiger partial charge on any atom is -0.350 e. The number of carbonyl (C=O) groups excluding carboxylic acids is 2. The van der Waals surface area contributed by atoms with Crippen LogP contribution in [0.3, 0.4) is 0 Å². The van der Waals surface area contributed by atoms with E-state index in [-0.39, 0.29) is 11.8 Å². The fourth-order valence-electron chi connectivity index (χ4n) is 2.77. The number of benzene rings is 2. The first kappa shape index (κ1) is 17.7. The maximum Gasteiger partial charge on any atom is 0.251 e. The average molecular weight is 324 g/mol. The zero-order chi connectivity index (χ0) is 17.7. The molecule has 0 aromatic heterocycles. The highest BCUT2D eigenvalue weighted by Crippen LogP contribution is 2.09. The van der Waals surface area contributed by atoms with Gasteiger partial charge in [0.15, 0.2) is 0 Å². The molecule has 24 heavy (non-hydrogen) atoms. The Hall–Kier alpha value is -2.62. The predicted molar refractivity (Wildman–Crippen MR) is 96.5 cm³/mol. The summed E-state index contributed by atoms with van der Waals surface area (Å²) in [4.78, 5) is 24.3. The van der Waals surface area contributed by atoms with Gasteiger partial charge in [-0.05, 0) is 52.0 Å². The SMILES string of the molecule is Cc1cc(C)cc(C(=O)NCCNC(=O)c2cc(C)cc(C)c2)c1. The van der Waals surface area contributed by atoms with E-state index in [2.05, 4.69) is 10.6 Å². The zero-order valence-electron chi connectivity index (χ0n) is 14.7. The van der Waals surface area contributed by atoms with Gasteiger partial charge in [0.25, 0.3) is 11.8 Å². The highest BCUT2D eigenvalue weighted by atomic mass is 16.2. The lowest BCUT2D eigenvalue weighted by atomic mass is 10.1. The molecule has 0 aliphatic carbocycles. The molecule has 4 nitrogen and oxygen atoms in total. The van der Waals surface area contributed by atoms with Crippen molar-refractivity contribution in [2.24, 2.45) is 0 Å². The maximum atomic E-state index is 12.1. The molecule has 0 fully saturated rings. The van der Waals surface area contributed by atoms with Gasteiger partial charge in [0.1, 0.15) is 0 Å². The molecule has 0 radical (unpaired) electrons. The summed E-state index contributed by atoms with van der Waals surface area (Å²) in [6, 6.07) is 11.5. The van der Waals surface area contributed by atoms with Crippen molar-refractivity contribution in [2.45, 2.75) is 27.7 Å². The number of rotatable bonds is 5. The third-order valence-electron chi connectivity index (χ3n) is 3.66. The standard InChI is InChI=1S/C20H24N2O2/c1-13-7-14(2)10-17(9-13)19(23)21-5-6-22-20(24)18-11-15(3)8-16(4)12-18/h7-12H,5-6H2,1-4H3,(H,21,23)(H,22,24). The number of carbonyl (C=O) groups is 2. The molecule has 0 aliphatic heterocycles. The van der Waals surface area contributed by atoms with Crippen LogP contribution in [0.2, 0.25) is 0 Å². The Morgan fingerprint density at radius 2 is 0.917 bits per heavy atom. The summed E-state index contributed by atoms with van der Waals surface area (Å²) in [5.74, 6) is -0.245. The average Bonchev–Trinajstić information content (AvgIpc) is 2.49. The van der Waals surface area contributed by atoms with Crippen molar-refractivity contribution in [3.05, 3.63) is 69.8 Å². The Bertz CT molecular complexity index is 660. The summed E-state index contributed by atoms with van der Waals surface area (Å²) in [6.45, 7) is 8.65. The molecule has 0 heterocycles. The van der Waals surface area contributed by atoms with Gasteiger partial charge >= 0.3 is 0 Å². The molecular weight excluding hydrogens is 300 g/mol. The molecule has 2 aromatic rings. The minimum atomic E-state index is -0.123. The monoisotopic (exact) mass is 324 g/mol. The Balaban J connectivity index is 1.84. The summed E-state index contributed by atoms with van der Waals surface area (Å²) >= 11 is 0. The van der Waals surface area contributed by atoms with Crippen LogP contribution in [-0.2, 0) is 0 Å². The third kappa shape index (κ3) is 4.95. The molecule has 0 atom stereocenters. The zero-order valence-corrected chi connectivity index (χ0v) is 14.7. The van der Waals surface area contributed by atoms with E-state index in [0.717, 1.165) is 22.3 Å². The van der Waals surface area contributed by atoms with Gasteiger partial charge in [-0.1, -0.05) is 34.4 Å². The van der Waals surface area contributed by atoms with E-state index in [4.69, 9.17) is 0 Å². The summed E-state index contributed by atoms with van der Waals surface area (Å²) in [7, 11) is 0. The molecule has 126 valence electrons. The van der Waals surface area contributed by atoms with Gasteiger partial charge in [-0.25, -0.2) is 0 Å². The van der Waals surface area contributed by atoms with Crippen molar-refractivity contribution in [3.63, 3.8) is 0 Å². The van der Waals surface area contributed by atoms with E-state index in [1.54, 1.807) is 0 Å². The van der Waals surface area contributed by atoms with Crippen molar-refractivity contribution < 1.29 is 9.59 Å². The van der Waals surface area contributed by atoms with Crippen molar-refractivity contribution in [3.8, 4) is 0 Å². The molecular formula is C20H24N2O2. The molecule has 0 spiro atoms. The lowest BCUT2D eigenvalue weighted by Crippen LogP contribution is -2.34. The van der Waals surface area contributed by atoms with Crippen LogP contribution in [0.25, 0.3) is 0 Å². The van der Waals surface area contributed by atoms with Crippen molar-refractivity contribution in [1.82, 2.24) is 10.6 Å². The smallest absolute Gasteiger partial charge is 0.251 e. The largest absolute Gasteiger partial charge is 0.350 e. The van der Waals surface area contributed by atoms with Crippen LogP contribution < -0.4 is 10.6 Å². The number of aryl methyl sites for hydroxylation is 4. The molecule has 4 heteroatoms. The van der Waals surface area contributed by atoms with Gasteiger partial charge in [0.2, 0.25) is 0 Å². The van der Waals surface area contributed by atoms with Crippen LogP contribution in [0, 0.1) is 27.7 Å². The van der Waals surface area contributed by atoms with Crippen LogP contribution in [0.15, 0.2) is 36.4 Å². The maximum absolute atomic E-state index is 12.1. The molecule has 0 saturated heterocycles. The summed E-state index contributed by atoms with van der Waals surface area (Å²) in [5.41, 5.74) is 5.53. The molecule has 2 aromatic carbocycles. The van der Waals surface area contributed by atoms with E-state index in [1.165, 1.54) is 0 Å². The molecule has 0 saturated carbocycles. The second kappa shape index (κ2) is 7.77. The fraction of sp³-hybridized carbons (Fsp3) is 0.300. The highest BCUT2D eigenvalue weighted by molar-refractivity contribution is 5.95. The number of hydrogen-bond donors (Lipinski definition) is 2. The van der Waals surface area contributed by atoms with Crippen LogP contribution >= 0.6 is 0 Å². The van der Waals surface area contributed by atoms with Gasteiger partial charge < -0.3 is 10.6 Å². The highest BCUT2D eigenvalue weighted by Gasteiger charge is 2.08. The summed E-state index contributed by atoms with van der Waals surface area (Å²) < 4.78 is 0. The minimum absolute atomic E-state index is 0.123. The van der Waals surface area contributed by atoms with E-state index in [1.807, 2.05) is 64.1 Å². The lowest BCUT2D eigenvalue weighted by molar-refractivity contribution is 0.0927. The Morgan fingerprint density at radius 3 is 1.21 bits per heavy atom. The third-order valence-corrected chi connectivity index (χ3v) is 3.66. The molecule has 0 unspecified atom stereocenters. The first-order valence-corrected chi connectivity index (χ1v) is 8.08. The first-order chi connectivity index (χ1) is 11.3. The predicted octanol–water partition coefficient (Wildman–Crippen LogP) is 3.08. The summed E-state index contributed by atoms with van der Waals surface area (Å²) in [6.07, 6.45) is 0. The van der Waals surface area contributed by atoms with Crippen LogP contribution in [0.5, 0.6) is 0 Å². The lowest BCUT2D eigenvalue weighted by Gasteiger charge is -2.09. The van der Waals surface area contributed by atoms with Crippen molar-refractivity contribution in [2.75, 3.05) is 13.1 Å². The van der Waals surface area contributed by atoms with Crippen LogP contribution in [0.4, 0.5) is 0 Å². The molecule has 2 N–H and O–H groups in total. The quantitative estimate of drug-likeness (QED) is 0.831. The van der Waals surface area contributed by atoms with Crippen molar-refractivity contribution >= 4 is 11.8 Å². The van der Waals surface area contributed by atoms with Crippen molar-refractivity contribution in [1.29, 1.82) is 0 Å². The van der Waals surface area contributed by atoms with Gasteiger partial charge in [-0.15, -0.1) is 0 Å². The Morgan fingerprint density at radius 1 is 0.625 bits per heavy atom. The van der Waals surface area contributed by atoms with E-state index >= 15 is 0 Å². The summed E-state index contributed by atoms with van der Waals surface area (Å²) in [5, 5.41) is 5.66. The van der Waals surface area contributed by atoms with Crippen LogP contribution in [-0.4, -0.2) is 24.9 Å². The normalized spacial score (nSPS) is 10.3. The number of hydrogen-bond acceptors (Lipinski definition) is 2. The second-order valence-electron chi connectivity index (χ2n) is 6.26. The Kier molecular flexibility index (Phi) is 5.74. The van der Waals surface area contributed by atoms with E-state index in [0.29, 0.717) is 24.2 Å².